The number of aromatic nitrogens is 1. The van der Waals surface area contributed by atoms with Crippen LogP contribution in [0.1, 0.15) is 15.4 Å². The van der Waals surface area contributed by atoms with E-state index in [1.165, 1.54) is 11.5 Å². The van der Waals surface area contributed by atoms with Crippen LogP contribution in [0.5, 0.6) is 0 Å². The van der Waals surface area contributed by atoms with E-state index in [1.807, 2.05) is 6.92 Å². The van der Waals surface area contributed by atoms with Crippen molar-refractivity contribution in [3.05, 3.63) is 39.9 Å². The average Bonchev–Trinajstić information content (AvgIpc) is 2.70. The summed E-state index contributed by atoms with van der Waals surface area (Å²) in [6.45, 7) is 1.90. The summed E-state index contributed by atoms with van der Waals surface area (Å²) in [6, 6.07) is 6.68. The fourth-order valence-corrected chi connectivity index (χ4v) is 2.00. The van der Waals surface area contributed by atoms with E-state index in [9.17, 15) is 4.79 Å². The Balaban J connectivity index is 2.15. The molecule has 0 saturated carbocycles. The topological polar surface area (TPSA) is 68.0 Å². The highest BCUT2D eigenvalue weighted by atomic mass is 35.5. The number of hydrogen-bond acceptors (Lipinski definition) is 4. The van der Waals surface area contributed by atoms with Crippen molar-refractivity contribution in [2.45, 2.75) is 6.92 Å². The van der Waals surface area contributed by atoms with E-state index >= 15 is 0 Å². The molecule has 0 aliphatic rings. The molecule has 2 rings (SSSR count). The van der Waals surface area contributed by atoms with Gasteiger partial charge in [0.1, 0.15) is 5.69 Å². The number of rotatable bonds is 2. The predicted molar refractivity (Wildman–Crippen MR) is 70.7 cm³/mol. The van der Waals surface area contributed by atoms with E-state index in [1.54, 1.807) is 24.3 Å². The third-order valence-corrected chi connectivity index (χ3v) is 3.14. The van der Waals surface area contributed by atoms with Gasteiger partial charge < -0.3 is 11.1 Å². The zero-order valence-corrected chi connectivity index (χ0v) is 10.6. The molecule has 2 aromatic rings. The van der Waals surface area contributed by atoms with Crippen LogP contribution in [0.25, 0.3) is 0 Å². The van der Waals surface area contributed by atoms with Crippen LogP contribution in [-0.4, -0.2) is 10.3 Å². The van der Waals surface area contributed by atoms with Crippen molar-refractivity contribution in [2.24, 2.45) is 0 Å². The van der Waals surface area contributed by atoms with Crippen LogP contribution in [0, 0.1) is 6.92 Å². The Bertz CT molecular complexity index is 568. The molecule has 4 nitrogen and oxygen atoms in total. The molecule has 0 radical (unpaired) electrons. The summed E-state index contributed by atoms with van der Waals surface area (Å²) < 4.78 is 4.02. The molecule has 0 fully saturated rings. The molecule has 0 spiro atoms. The number of aryl methyl sites for hydroxylation is 1. The molecule has 1 aromatic heterocycles. The minimum Gasteiger partial charge on any atom is -0.398 e. The fourth-order valence-electron chi connectivity index (χ4n) is 1.27. The van der Waals surface area contributed by atoms with Gasteiger partial charge in [-0.2, -0.15) is 4.37 Å². The van der Waals surface area contributed by atoms with Gasteiger partial charge in [0.25, 0.3) is 5.91 Å². The molecule has 3 N–H and O–H groups in total. The van der Waals surface area contributed by atoms with Crippen molar-refractivity contribution < 1.29 is 4.79 Å². The van der Waals surface area contributed by atoms with Crippen molar-refractivity contribution in [3.63, 3.8) is 0 Å². The highest BCUT2D eigenvalue weighted by molar-refractivity contribution is 7.05. The molecule has 6 heteroatoms. The average molecular weight is 268 g/mol. The quantitative estimate of drug-likeness (QED) is 0.822. The van der Waals surface area contributed by atoms with Crippen molar-refractivity contribution in [3.8, 4) is 0 Å². The minimum atomic E-state index is -0.254. The lowest BCUT2D eigenvalue weighted by Gasteiger charge is -2.04. The van der Waals surface area contributed by atoms with Crippen LogP contribution in [0.15, 0.2) is 24.3 Å². The molecule has 0 saturated heterocycles. The number of nitrogens with two attached hydrogens (primary N) is 1. The van der Waals surface area contributed by atoms with Gasteiger partial charge in [-0.25, -0.2) is 0 Å². The zero-order chi connectivity index (χ0) is 12.4. The first-order valence-electron chi connectivity index (χ1n) is 4.86. The fraction of sp³-hybridized carbons (Fsp3) is 0.0909. The van der Waals surface area contributed by atoms with Crippen LogP contribution < -0.4 is 11.1 Å². The third kappa shape index (κ3) is 2.75. The Hall–Kier alpha value is -1.59. The van der Waals surface area contributed by atoms with Gasteiger partial charge >= 0.3 is 0 Å². The molecule has 1 aromatic carbocycles. The number of nitrogens with zero attached hydrogens (tertiary/aromatic N) is 1. The van der Waals surface area contributed by atoms with Gasteiger partial charge in [0.15, 0.2) is 0 Å². The molecule has 88 valence electrons. The van der Waals surface area contributed by atoms with Gasteiger partial charge in [0.2, 0.25) is 0 Å². The summed E-state index contributed by atoms with van der Waals surface area (Å²) in [5, 5.41) is 3.12. The molecular formula is C11H10ClN3OS. The lowest BCUT2D eigenvalue weighted by Crippen LogP contribution is -2.12. The molecule has 1 amide bonds. The molecule has 0 unspecified atom stereocenters. The molecule has 1 heterocycles. The lowest BCUT2D eigenvalue weighted by molar-refractivity contribution is 0.102. The van der Waals surface area contributed by atoms with Gasteiger partial charge in [-0.15, -0.1) is 0 Å². The summed E-state index contributed by atoms with van der Waals surface area (Å²) in [5.74, 6) is -0.254. The monoisotopic (exact) mass is 267 g/mol. The van der Waals surface area contributed by atoms with E-state index in [0.717, 1.165) is 4.88 Å². The number of halogens is 1. The highest BCUT2D eigenvalue weighted by Gasteiger charge is 2.10. The smallest absolute Gasteiger partial charge is 0.275 e. The van der Waals surface area contributed by atoms with Crippen LogP contribution in [0.2, 0.25) is 5.02 Å². The summed E-state index contributed by atoms with van der Waals surface area (Å²) in [6.07, 6.45) is 0. The Morgan fingerprint density at radius 1 is 1.47 bits per heavy atom. The first kappa shape index (κ1) is 11.9. The number of benzene rings is 1. The first-order valence-corrected chi connectivity index (χ1v) is 6.01. The van der Waals surface area contributed by atoms with Crippen molar-refractivity contribution in [2.75, 3.05) is 11.1 Å². The molecule has 0 bridgehead atoms. The predicted octanol–water partition coefficient (Wildman–Crippen LogP) is 2.94. The lowest BCUT2D eigenvalue weighted by atomic mass is 10.2. The molecular weight excluding hydrogens is 258 g/mol. The number of nitrogens with one attached hydrogen (secondary N) is 1. The number of carbonyl (C=O) groups is 1. The van der Waals surface area contributed by atoms with Gasteiger partial charge in [0, 0.05) is 10.6 Å². The van der Waals surface area contributed by atoms with Crippen molar-refractivity contribution in [1.29, 1.82) is 0 Å². The van der Waals surface area contributed by atoms with Gasteiger partial charge in [-0.3, -0.25) is 4.79 Å². The Labute approximate surface area is 108 Å². The Morgan fingerprint density at radius 2 is 2.24 bits per heavy atom. The summed E-state index contributed by atoms with van der Waals surface area (Å²) in [5.41, 5.74) is 7.06. The maximum absolute atomic E-state index is 11.8. The van der Waals surface area contributed by atoms with E-state index in [4.69, 9.17) is 17.3 Å². The van der Waals surface area contributed by atoms with Gasteiger partial charge in [-0.05, 0) is 42.7 Å². The van der Waals surface area contributed by atoms with Gasteiger partial charge in [0.05, 0.1) is 10.7 Å². The molecule has 0 aliphatic heterocycles. The molecule has 17 heavy (non-hydrogen) atoms. The van der Waals surface area contributed by atoms with Crippen LogP contribution in [0.3, 0.4) is 0 Å². The maximum Gasteiger partial charge on any atom is 0.275 e. The summed E-state index contributed by atoms with van der Waals surface area (Å²) in [7, 11) is 0. The normalized spacial score (nSPS) is 10.2. The number of amides is 1. The molecule has 0 atom stereocenters. The second-order valence-electron chi connectivity index (χ2n) is 3.51. The van der Waals surface area contributed by atoms with Gasteiger partial charge in [-0.1, -0.05) is 11.6 Å². The standard InChI is InChI=1S/C11H10ClN3OS/c1-6-4-10(15-17-6)11(16)14-7-2-3-9(13)8(12)5-7/h2-5H,13H2,1H3,(H,14,16). The SMILES string of the molecule is Cc1cc(C(=O)Nc2ccc(N)c(Cl)c2)ns1. The number of anilines is 2. The molecule has 0 aliphatic carbocycles. The van der Waals surface area contributed by atoms with E-state index in [0.29, 0.717) is 22.1 Å². The number of hydrogen-bond donors (Lipinski definition) is 2. The summed E-state index contributed by atoms with van der Waals surface area (Å²) in [4.78, 5) is 12.8. The van der Waals surface area contributed by atoms with E-state index < -0.39 is 0 Å². The largest absolute Gasteiger partial charge is 0.398 e. The third-order valence-electron chi connectivity index (χ3n) is 2.12. The highest BCUT2D eigenvalue weighted by Crippen LogP contribution is 2.23. The van der Waals surface area contributed by atoms with Crippen molar-refractivity contribution in [1.82, 2.24) is 4.37 Å². The minimum absolute atomic E-state index is 0.254. The maximum atomic E-state index is 11.8. The van der Waals surface area contributed by atoms with Crippen molar-refractivity contribution >= 4 is 40.4 Å². The second-order valence-corrected chi connectivity index (χ2v) is 4.93. The summed E-state index contributed by atoms with van der Waals surface area (Å²) >= 11 is 7.15. The first-order chi connectivity index (χ1) is 8.06. The Morgan fingerprint density at radius 3 is 2.82 bits per heavy atom. The zero-order valence-electron chi connectivity index (χ0n) is 9.03. The second kappa shape index (κ2) is 4.73. The van der Waals surface area contributed by atoms with Crippen LogP contribution in [0.4, 0.5) is 11.4 Å². The van der Waals surface area contributed by atoms with Crippen LogP contribution >= 0.6 is 23.1 Å². The Kier molecular flexibility index (Phi) is 3.31. The number of carbonyl (C=O) groups excluding carboxylic acids is 1. The number of nitrogen functional groups attached to an aromatic ring is 1. The van der Waals surface area contributed by atoms with Crippen LogP contribution in [-0.2, 0) is 0 Å². The van der Waals surface area contributed by atoms with E-state index in [-0.39, 0.29) is 5.91 Å². The van der Waals surface area contributed by atoms with E-state index in [2.05, 4.69) is 9.69 Å².